The van der Waals surface area contributed by atoms with Crippen LogP contribution in [0.1, 0.15) is 0 Å². The van der Waals surface area contributed by atoms with Crippen LogP contribution < -0.4 is 0 Å². The molecule has 0 saturated heterocycles. The van der Waals surface area contributed by atoms with Gasteiger partial charge in [-0.1, -0.05) is 97.1 Å². The van der Waals surface area contributed by atoms with Gasteiger partial charge in [-0.25, -0.2) is 0 Å². The molecule has 2 heterocycles. The molecule has 8 rings (SSSR count). The molecule has 36 heavy (non-hydrogen) atoms. The molecule has 0 saturated carbocycles. The normalized spacial score (nSPS) is 11.9. The van der Waals surface area contributed by atoms with Gasteiger partial charge >= 0.3 is 0 Å². The number of rotatable bonds is 2. The lowest BCUT2D eigenvalue weighted by molar-refractivity contribution is 1.18. The standard InChI is InChI=1S/C34H21NS/c1-2-8-22(9-3-1)23-14-17-25(18-15-23)35-29-20-16-24-10-4-5-11-26(24)32(29)33-30(35)21-19-28-27-12-6-7-13-31(27)36-34(28)33/h1-21H. The van der Waals surface area contributed by atoms with Crippen LogP contribution in [0.5, 0.6) is 0 Å². The summed E-state index contributed by atoms with van der Waals surface area (Å²) in [5, 5.41) is 7.97. The number of aromatic nitrogens is 1. The Balaban J connectivity index is 1.50. The molecule has 6 aromatic carbocycles. The lowest BCUT2D eigenvalue weighted by atomic mass is 10.0. The molecule has 0 bridgehead atoms. The predicted octanol–water partition coefficient (Wildman–Crippen LogP) is 9.97. The topological polar surface area (TPSA) is 4.93 Å². The Hall–Kier alpha value is -4.40. The molecule has 1 nitrogen and oxygen atoms in total. The summed E-state index contributed by atoms with van der Waals surface area (Å²) in [5.74, 6) is 0. The molecule has 2 aromatic heterocycles. The zero-order chi connectivity index (χ0) is 23.6. The van der Waals surface area contributed by atoms with Gasteiger partial charge < -0.3 is 4.57 Å². The summed E-state index contributed by atoms with van der Waals surface area (Å²) in [6.45, 7) is 0. The number of thiophene rings is 1. The van der Waals surface area contributed by atoms with Gasteiger partial charge in [0.2, 0.25) is 0 Å². The van der Waals surface area contributed by atoms with Crippen molar-refractivity contribution in [2.45, 2.75) is 0 Å². The van der Waals surface area contributed by atoms with Crippen molar-refractivity contribution in [3.63, 3.8) is 0 Å². The molecule has 8 aromatic rings. The van der Waals surface area contributed by atoms with E-state index < -0.39 is 0 Å². The first-order valence-corrected chi connectivity index (χ1v) is 13.1. The largest absolute Gasteiger partial charge is 0.309 e. The maximum Gasteiger partial charge on any atom is 0.0555 e. The van der Waals surface area contributed by atoms with E-state index in [4.69, 9.17) is 0 Å². The molecule has 0 amide bonds. The molecule has 0 atom stereocenters. The average Bonchev–Trinajstić information content (AvgIpc) is 3.49. The summed E-state index contributed by atoms with van der Waals surface area (Å²) in [7, 11) is 0. The highest BCUT2D eigenvalue weighted by molar-refractivity contribution is 7.26. The van der Waals surface area contributed by atoms with Gasteiger partial charge in [-0.05, 0) is 52.2 Å². The van der Waals surface area contributed by atoms with Crippen molar-refractivity contribution < 1.29 is 0 Å². The Morgan fingerprint density at radius 1 is 0.444 bits per heavy atom. The van der Waals surface area contributed by atoms with Gasteiger partial charge in [-0.2, -0.15) is 0 Å². The summed E-state index contributed by atoms with van der Waals surface area (Å²) < 4.78 is 5.15. The van der Waals surface area contributed by atoms with E-state index in [2.05, 4.69) is 132 Å². The molecular formula is C34H21NS. The molecule has 0 aliphatic carbocycles. The minimum Gasteiger partial charge on any atom is -0.309 e. The zero-order valence-corrected chi connectivity index (χ0v) is 20.3. The fraction of sp³-hybridized carbons (Fsp3) is 0. The molecule has 0 aliphatic rings. The molecule has 0 aliphatic heterocycles. The van der Waals surface area contributed by atoms with Crippen LogP contribution in [0.3, 0.4) is 0 Å². The van der Waals surface area contributed by atoms with E-state index in [0.717, 1.165) is 0 Å². The summed E-state index contributed by atoms with van der Waals surface area (Å²) >= 11 is 1.91. The van der Waals surface area contributed by atoms with Crippen LogP contribution in [0.4, 0.5) is 0 Å². The maximum atomic E-state index is 2.44. The van der Waals surface area contributed by atoms with E-state index in [0.29, 0.717) is 0 Å². The van der Waals surface area contributed by atoms with Crippen molar-refractivity contribution >= 4 is 64.1 Å². The van der Waals surface area contributed by atoms with Crippen molar-refractivity contribution in [1.82, 2.24) is 4.57 Å². The Bertz CT molecular complexity index is 2080. The summed E-state index contributed by atoms with van der Waals surface area (Å²) in [6, 6.07) is 46.3. The Morgan fingerprint density at radius 2 is 1.11 bits per heavy atom. The van der Waals surface area contributed by atoms with E-state index in [1.807, 2.05) is 11.3 Å². The molecular weight excluding hydrogens is 454 g/mol. The first kappa shape index (κ1) is 19.9. The van der Waals surface area contributed by atoms with Gasteiger partial charge in [-0.15, -0.1) is 11.3 Å². The second-order valence-electron chi connectivity index (χ2n) is 9.36. The summed E-state index contributed by atoms with van der Waals surface area (Å²) in [4.78, 5) is 0. The Kier molecular flexibility index (Phi) is 4.16. The highest BCUT2D eigenvalue weighted by Gasteiger charge is 2.19. The molecule has 2 heteroatoms. The number of hydrogen-bond donors (Lipinski definition) is 0. The third kappa shape index (κ3) is 2.76. The van der Waals surface area contributed by atoms with E-state index in [1.165, 1.54) is 69.6 Å². The third-order valence-corrected chi connectivity index (χ3v) is 8.60. The zero-order valence-electron chi connectivity index (χ0n) is 19.5. The SMILES string of the molecule is c1ccc(-c2ccc(-n3c4ccc5ccccc5c4c4c5sc6ccccc6c5ccc43)cc2)cc1. The van der Waals surface area contributed by atoms with E-state index in [-0.39, 0.29) is 0 Å². The van der Waals surface area contributed by atoms with Crippen molar-refractivity contribution in [3.8, 4) is 16.8 Å². The minimum atomic E-state index is 1.19. The van der Waals surface area contributed by atoms with Gasteiger partial charge in [0.25, 0.3) is 0 Å². The van der Waals surface area contributed by atoms with Crippen molar-refractivity contribution in [3.05, 3.63) is 127 Å². The van der Waals surface area contributed by atoms with E-state index in [9.17, 15) is 0 Å². The number of fused-ring (bicyclic) bond motifs is 9. The van der Waals surface area contributed by atoms with Crippen LogP contribution in [0.25, 0.3) is 69.6 Å². The maximum absolute atomic E-state index is 2.44. The quantitative estimate of drug-likeness (QED) is 0.234. The first-order valence-electron chi connectivity index (χ1n) is 12.3. The summed E-state index contributed by atoms with van der Waals surface area (Å²) in [5.41, 5.74) is 6.17. The van der Waals surface area contributed by atoms with Crippen LogP contribution in [-0.4, -0.2) is 4.57 Å². The second kappa shape index (κ2) is 7.55. The second-order valence-corrected chi connectivity index (χ2v) is 10.4. The lowest BCUT2D eigenvalue weighted by Gasteiger charge is -2.10. The molecule has 0 spiro atoms. The number of hydrogen-bond acceptors (Lipinski definition) is 1. The number of nitrogens with zero attached hydrogens (tertiary/aromatic N) is 1. The highest BCUT2D eigenvalue weighted by atomic mass is 32.1. The lowest BCUT2D eigenvalue weighted by Crippen LogP contribution is -1.93. The van der Waals surface area contributed by atoms with Gasteiger partial charge in [0.05, 0.1) is 11.0 Å². The van der Waals surface area contributed by atoms with Crippen LogP contribution in [0.2, 0.25) is 0 Å². The Morgan fingerprint density at radius 3 is 1.97 bits per heavy atom. The van der Waals surface area contributed by atoms with Crippen molar-refractivity contribution in [1.29, 1.82) is 0 Å². The van der Waals surface area contributed by atoms with Crippen molar-refractivity contribution in [2.24, 2.45) is 0 Å². The summed E-state index contributed by atoms with van der Waals surface area (Å²) in [6.07, 6.45) is 0. The van der Waals surface area contributed by atoms with E-state index >= 15 is 0 Å². The van der Waals surface area contributed by atoms with Gasteiger partial charge in [-0.3, -0.25) is 0 Å². The molecule has 0 unspecified atom stereocenters. The predicted molar refractivity (Wildman–Crippen MR) is 157 cm³/mol. The highest BCUT2D eigenvalue weighted by Crippen LogP contribution is 2.45. The first-order chi connectivity index (χ1) is 17.9. The number of benzene rings is 6. The van der Waals surface area contributed by atoms with Crippen molar-refractivity contribution in [2.75, 3.05) is 0 Å². The Labute approximate surface area is 212 Å². The van der Waals surface area contributed by atoms with Gasteiger partial charge in [0.1, 0.15) is 0 Å². The fourth-order valence-corrected chi connectivity index (χ4v) is 7.01. The van der Waals surface area contributed by atoms with Crippen LogP contribution >= 0.6 is 11.3 Å². The third-order valence-electron chi connectivity index (χ3n) is 7.40. The molecule has 0 radical (unpaired) electrons. The average molecular weight is 476 g/mol. The molecule has 168 valence electrons. The molecule has 0 fully saturated rings. The van der Waals surface area contributed by atoms with Gasteiger partial charge in [0, 0.05) is 36.6 Å². The monoisotopic (exact) mass is 475 g/mol. The van der Waals surface area contributed by atoms with Gasteiger partial charge in [0.15, 0.2) is 0 Å². The van der Waals surface area contributed by atoms with E-state index in [1.54, 1.807) is 0 Å². The fourth-order valence-electron chi connectivity index (χ4n) is 5.76. The smallest absolute Gasteiger partial charge is 0.0555 e. The van der Waals surface area contributed by atoms with Crippen LogP contribution in [0.15, 0.2) is 127 Å². The minimum absolute atomic E-state index is 1.19. The molecule has 0 N–H and O–H groups in total. The van der Waals surface area contributed by atoms with Crippen LogP contribution in [0, 0.1) is 0 Å². The van der Waals surface area contributed by atoms with Crippen LogP contribution in [-0.2, 0) is 0 Å².